The second-order valence-electron chi connectivity index (χ2n) is 5.34. The molecule has 3 N–H and O–H groups in total. The van der Waals surface area contributed by atoms with Crippen LogP contribution >= 0.6 is 0 Å². The van der Waals surface area contributed by atoms with Crippen LogP contribution in [-0.4, -0.2) is 30.8 Å². The van der Waals surface area contributed by atoms with Crippen molar-refractivity contribution in [2.24, 2.45) is 5.14 Å². The van der Waals surface area contributed by atoms with Crippen LogP contribution in [0.5, 0.6) is 5.75 Å². The Labute approximate surface area is 144 Å². The van der Waals surface area contributed by atoms with Crippen LogP contribution in [0, 0.1) is 6.92 Å². The van der Waals surface area contributed by atoms with Crippen LogP contribution in [0.4, 0.5) is 5.69 Å². The number of imidazole rings is 1. The Morgan fingerprint density at radius 2 is 1.92 bits per heavy atom. The molecule has 3 aromatic rings. The summed E-state index contributed by atoms with van der Waals surface area (Å²) in [5.74, 6) is 0.184. The van der Waals surface area contributed by atoms with E-state index in [0.717, 1.165) is 0 Å². The molecule has 0 spiro atoms. The van der Waals surface area contributed by atoms with Crippen molar-refractivity contribution in [2.75, 3.05) is 12.4 Å². The van der Waals surface area contributed by atoms with E-state index in [2.05, 4.69) is 10.3 Å². The molecule has 130 valence electrons. The smallest absolute Gasteiger partial charge is 0.274 e. The molecule has 2 aromatic heterocycles. The van der Waals surface area contributed by atoms with Gasteiger partial charge < -0.3 is 10.1 Å². The molecule has 1 aromatic carbocycles. The molecule has 0 saturated heterocycles. The lowest BCUT2D eigenvalue weighted by Crippen LogP contribution is -2.16. The molecule has 9 heteroatoms. The van der Waals surface area contributed by atoms with Crippen molar-refractivity contribution in [3.05, 3.63) is 54.0 Å². The average Bonchev–Trinajstić information content (AvgIpc) is 2.90. The van der Waals surface area contributed by atoms with Crippen molar-refractivity contribution in [1.29, 1.82) is 0 Å². The number of methoxy groups -OCH3 is 1. The van der Waals surface area contributed by atoms with Crippen molar-refractivity contribution < 1.29 is 17.9 Å². The van der Waals surface area contributed by atoms with E-state index in [4.69, 9.17) is 9.88 Å². The van der Waals surface area contributed by atoms with Gasteiger partial charge in [-0.1, -0.05) is 0 Å². The van der Waals surface area contributed by atoms with Crippen LogP contribution in [0.3, 0.4) is 0 Å². The number of hydrogen-bond donors (Lipinski definition) is 2. The predicted molar refractivity (Wildman–Crippen MR) is 92.2 cm³/mol. The first kappa shape index (κ1) is 16.9. The van der Waals surface area contributed by atoms with Crippen LogP contribution in [-0.2, 0) is 10.0 Å². The second-order valence-corrected chi connectivity index (χ2v) is 6.90. The van der Waals surface area contributed by atoms with Gasteiger partial charge in [-0.3, -0.25) is 9.20 Å². The summed E-state index contributed by atoms with van der Waals surface area (Å²) in [5.41, 5.74) is 1.89. The lowest BCUT2D eigenvalue weighted by molar-refractivity contribution is 0.102. The van der Waals surface area contributed by atoms with Gasteiger partial charge in [-0.05, 0) is 43.3 Å². The number of anilines is 1. The van der Waals surface area contributed by atoms with Gasteiger partial charge in [-0.25, -0.2) is 18.5 Å². The maximum absolute atomic E-state index is 12.6. The maximum Gasteiger partial charge on any atom is 0.274 e. The summed E-state index contributed by atoms with van der Waals surface area (Å²) in [6.45, 7) is 1.73. The minimum absolute atomic E-state index is 0.0266. The number of sulfonamides is 1. The number of nitrogens with zero attached hydrogens (tertiary/aromatic N) is 2. The number of pyridine rings is 1. The molecule has 0 atom stereocenters. The fourth-order valence-corrected chi connectivity index (χ4v) is 3.02. The summed E-state index contributed by atoms with van der Waals surface area (Å²) in [6.07, 6.45) is 1.72. The third-order valence-electron chi connectivity index (χ3n) is 3.66. The first-order valence-corrected chi connectivity index (χ1v) is 8.82. The Morgan fingerprint density at radius 1 is 1.24 bits per heavy atom. The van der Waals surface area contributed by atoms with Gasteiger partial charge >= 0.3 is 0 Å². The summed E-state index contributed by atoms with van der Waals surface area (Å²) >= 11 is 0. The van der Waals surface area contributed by atoms with Gasteiger partial charge in [0.15, 0.2) is 11.4 Å². The van der Waals surface area contributed by atoms with Crippen molar-refractivity contribution in [3.63, 3.8) is 0 Å². The van der Waals surface area contributed by atoms with Crippen LogP contribution in [0.15, 0.2) is 47.5 Å². The zero-order valence-electron chi connectivity index (χ0n) is 13.6. The Kier molecular flexibility index (Phi) is 4.19. The molecule has 1 amide bonds. The number of amides is 1. The van der Waals surface area contributed by atoms with Crippen molar-refractivity contribution in [1.82, 2.24) is 9.38 Å². The largest absolute Gasteiger partial charge is 0.493 e. The molecule has 0 aliphatic heterocycles. The quantitative estimate of drug-likeness (QED) is 0.732. The predicted octanol–water partition coefficient (Wildman–Crippen LogP) is 1.55. The number of aromatic nitrogens is 2. The molecule has 0 radical (unpaired) electrons. The molecule has 0 fully saturated rings. The van der Waals surface area contributed by atoms with Crippen molar-refractivity contribution in [2.45, 2.75) is 11.8 Å². The van der Waals surface area contributed by atoms with Gasteiger partial charge in [-0.2, -0.15) is 0 Å². The van der Waals surface area contributed by atoms with E-state index in [9.17, 15) is 13.2 Å². The third kappa shape index (κ3) is 3.19. The second kappa shape index (κ2) is 6.19. The first-order valence-electron chi connectivity index (χ1n) is 7.27. The Bertz CT molecular complexity index is 1060. The standard InChI is InChI=1S/C16H16N4O4S/c1-10-14(20-9-3-4-13(24-2)15(20)18-10)16(21)19-11-5-7-12(8-6-11)25(17,22)23/h3-9H,1-2H3,(H,19,21)(H2,17,22,23). The molecule has 8 nitrogen and oxygen atoms in total. The van der Waals surface area contributed by atoms with E-state index < -0.39 is 10.0 Å². The number of carbonyl (C=O) groups is 1. The SMILES string of the molecule is COc1cccn2c(C(=O)Nc3ccc(S(N)(=O)=O)cc3)c(C)nc12. The number of hydrogen-bond acceptors (Lipinski definition) is 5. The normalized spacial score (nSPS) is 11.5. The van der Waals surface area contributed by atoms with E-state index in [1.54, 1.807) is 29.7 Å². The molecule has 0 aliphatic carbocycles. The van der Waals surface area contributed by atoms with E-state index in [1.165, 1.54) is 31.4 Å². The minimum Gasteiger partial charge on any atom is -0.493 e. The van der Waals surface area contributed by atoms with Gasteiger partial charge in [0.1, 0.15) is 5.69 Å². The fraction of sp³-hybridized carbons (Fsp3) is 0.125. The van der Waals surface area contributed by atoms with E-state index >= 15 is 0 Å². The maximum atomic E-state index is 12.6. The van der Waals surface area contributed by atoms with Crippen LogP contribution in [0.1, 0.15) is 16.2 Å². The molecule has 0 unspecified atom stereocenters. The lowest BCUT2D eigenvalue weighted by atomic mass is 10.3. The van der Waals surface area contributed by atoms with Crippen molar-refractivity contribution >= 4 is 27.3 Å². The number of rotatable bonds is 4. The monoisotopic (exact) mass is 360 g/mol. The van der Waals surface area contributed by atoms with Crippen LogP contribution < -0.4 is 15.2 Å². The summed E-state index contributed by atoms with van der Waals surface area (Å²) in [7, 11) is -2.24. The molecule has 3 rings (SSSR count). The minimum atomic E-state index is -3.78. The highest BCUT2D eigenvalue weighted by molar-refractivity contribution is 7.89. The van der Waals surface area contributed by atoms with Crippen molar-refractivity contribution in [3.8, 4) is 5.75 Å². The van der Waals surface area contributed by atoms with Gasteiger partial charge in [-0.15, -0.1) is 0 Å². The topological polar surface area (TPSA) is 116 Å². The number of nitrogens with two attached hydrogens (primary N) is 1. The summed E-state index contributed by atoms with van der Waals surface area (Å²) in [4.78, 5) is 17.0. The average molecular weight is 360 g/mol. The van der Waals surface area contributed by atoms with Crippen LogP contribution in [0.25, 0.3) is 5.65 Å². The number of ether oxygens (including phenoxy) is 1. The van der Waals surface area contributed by atoms with Gasteiger partial charge in [0.25, 0.3) is 5.91 Å². The number of primary sulfonamides is 1. The molecule has 0 aliphatic rings. The summed E-state index contributed by atoms with van der Waals surface area (Å²) in [6, 6.07) is 9.11. The van der Waals surface area contributed by atoms with Gasteiger partial charge in [0.2, 0.25) is 10.0 Å². The highest BCUT2D eigenvalue weighted by Gasteiger charge is 2.19. The van der Waals surface area contributed by atoms with E-state index in [-0.39, 0.29) is 10.8 Å². The van der Waals surface area contributed by atoms with Crippen LogP contribution in [0.2, 0.25) is 0 Å². The van der Waals surface area contributed by atoms with E-state index in [0.29, 0.717) is 28.5 Å². The summed E-state index contributed by atoms with van der Waals surface area (Å²) in [5, 5.41) is 7.77. The number of nitrogens with one attached hydrogen (secondary N) is 1. The molecule has 0 saturated carbocycles. The Morgan fingerprint density at radius 3 is 2.52 bits per heavy atom. The molecule has 25 heavy (non-hydrogen) atoms. The van der Waals surface area contributed by atoms with Gasteiger partial charge in [0.05, 0.1) is 17.7 Å². The molecular weight excluding hydrogens is 344 g/mol. The molecule has 0 bridgehead atoms. The molecular formula is C16H16N4O4S. The van der Waals surface area contributed by atoms with E-state index in [1.807, 2.05) is 0 Å². The third-order valence-corrected chi connectivity index (χ3v) is 4.59. The highest BCUT2D eigenvalue weighted by Crippen LogP contribution is 2.22. The number of fused-ring (bicyclic) bond motifs is 1. The Hall–Kier alpha value is -2.91. The molecule has 2 heterocycles. The number of aryl methyl sites for hydroxylation is 1. The first-order chi connectivity index (χ1) is 11.8. The lowest BCUT2D eigenvalue weighted by Gasteiger charge is -2.07. The highest BCUT2D eigenvalue weighted by atomic mass is 32.2. The number of benzene rings is 1. The number of carbonyl (C=O) groups excluding carboxylic acids is 1. The zero-order chi connectivity index (χ0) is 18.2. The van der Waals surface area contributed by atoms with Gasteiger partial charge in [0, 0.05) is 11.9 Å². The zero-order valence-corrected chi connectivity index (χ0v) is 14.4. The fourth-order valence-electron chi connectivity index (χ4n) is 2.51. The summed E-state index contributed by atoms with van der Waals surface area (Å²) < 4.78 is 29.4. The Balaban J connectivity index is 1.94.